The number of benzene rings is 1. The van der Waals surface area contributed by atoms with Crippen LogP contribution >= 0.6 is 11.6 Å². The summed E-state index contributed by atoms with van der Waals surface area (Å²) in [5.41, 5.74) is 0.918. The molecule has 0 fully saturated rings. The van der Waals surface area contributed by atoms with Crippen molar-refractivity contribution in [2.45, 2.75) is 12.3 Å². The first-order chi connectivity index (χ1) is 7.11. The van der Waals surface area contributed by atoms with E-state index in [2.05, 4.69) is 4.98 Å². The number of Topliss-reactive ketones (excluding diaryl/α,β-unsaturated/α-hetero) is 1. The summed E-state index contributed by atoms with van der Waals surface area (Å²) < 4.78 is 13.5. The van der Waals surface area contributed by atoms with Gasteiger partial charge in [0.15, 0.2) is 5.78 Å². The van der Waals surface area contributed by atoms with Gasteiger partial charge < -0.3 is 4.98 Å². The first-order valence-electron chi connectivity index (χ1n) is 4.55. The summed E-state index contributed by atoms with van der Waals surface area (Å²) >= 11 is 5.69. The fraction of sp³-hybridized carbons (Fsp3) is 0.182. The van der Waals surface area contributed by atoms with E-state index in [-0.39, 0.29) is 5.78 Å². The molecule has 78 valence electrons. The molecule has 0 aliphatic carbocycles. The lowest BCUT2D eigenvalue weighted by Crippen LogP contribution is -2.09. The van der Waals surface area contributed by atoms with Gasteiger partial charge in [-0.1, -0.05) is 6.07 Å². The molecule has 1 N–H and O–H groups in total. The molecular weight excluding hydrogens is 217 g/mol. The zero-order valence-corrected chi connectivity index (χ0v) is 8.81. The Balaban J connectivity index is 2.67. The minimum atomic E-state index is -0.649. The Labute approximate surface area is 91.0 Å². The number of rotatable bonds is 2. The molecule has 2 rings (SSSR count). The normalized spacial score (nSPS) is 13.0. The molecule has 1 aromatic carbocycles. The van der Waals surface area contributed by atoms with Crippen LogP contribution in [0.5, 0.6) is 0 Å². The number of halogens is 2. The highest BCUT2D eigenvalue weighted by Gasteiger charge is 2.18. The van der Waals surface area contributed by atoms with Crippen molar-refractivity contribution in [2.24, 2.45) is 0 Å². The number of nitrogens with one attached hydrogen (secondary N) is 1. The van der Waals surface area contributed by atoms with Gasteiger partial charge in [0.05, 0.1) is 5.38 Å². The van der Waals surface area contributed by atoms with E-state index in [1.165, 1.54) is 12.3 Å². The molecule has 0 aliphatic heterocycles. The lowest BCUT2D eigenvalue weighted by molar-refractivity contribution is 0.0993. The maximum atomic E-state index is 13.5. The minimum absolute atomic E-state index is 0.270. The van der Waals surface area contributed by atoms with E-state index < -0.39 is 11.2 Å². The molecule has 1 heterocycles. The molecule has 1 aromatic heterocycles. The number of ketones is 1. The molecule has 15 heavy (non-hydrogen) atoms. The molecule has 0 bridgehead atoms. The molecule has 4 heteroatoms. The standard InChI is InChI=1S/C11H9ClFNO/c1-6(12)11(15)7-5-14-9-4-2-3-8(13)10(7)9/h2-6,14H,1H3. The lowest BCUT2D eigenvalue weighted by atomic mass is 10.1. The van der Waals surface area contributed by atoms with Gasteiger partial charge in [-0.3, -0.25) is 4.79 Å². The summed E-state index contributed by atoms with van der Waals surface area (Å²) in [5.74, 6) is -0.678. The Morgan fingerprint density at radius 1 is 1.53 bits per heavy atom. The highest BCUT2D eigenvalue weighted by atomic mass is 35.5. The summed E-state index contributed by atoms with van der Waals surface area (Å²) in [5, 5.41) is -0.335. The second-order valence-corrected chi connectivity index (χ2v) is 4.00. The van der Waals surface area contributed by atoms with Gasteiger partial charge in [-0.15, -0.1) is 11.6 Å². The highest BCUT2D eigenvalue weighted by molar-refractivity contribution is 6.34. The molecule has 2 nitrogen and oxygen atoms in total. The van der Waals surface area contributed by atoms with Crippen LogP contribution in [0, 0.1) is 5.82 Å². The number of hydrogen-bond donors (Lipinski definition) is 1. The van der Waals surface area contributed by atoms with Crippen molar-refractivity contribution < 1.29 is 9.18 Å². The summed E-state index contributed by atoms with van der Waals surface area (Å²) in [7, 11) is 0. The van der Waals surface area contributed by atoms with Crippen molar-refractivity contribution in [2.75, 3.05) is 0 Å². The van der Waals surface area contributed by atoms with E-state index in [9.17, 15) is 9.18 Å². The maximum Gasteiger partial charge on any atom is 0.182 e. The predicted octanol–water partition coefficient (Wildman–Crippen LogP) is 3.12. The number of aromatic nitrogens is 1. The fourth-order valence-corrected chi connectivity index (χ4v) is 1.67. The van der Waals surface area contributed by atoms with Crippen molar-refractivity contribution in [3.05, 3.63) is 35.8 Å². The van der Waals surface area contributed by atoms with Crippen molar-refractivity contribution in [3.8, 4) is 0 Å². The Hall–Kier alpha value is -1.35. The van der Waals surface area contributed by atoms with Gasteiger partial charge in [-0.05, 0) is 19.1 Å². The van der Waals surface area contributed by atoms with Crippen LogP contribution in [-0.2, 0) is 0 Å². The molecule has 1 atom stereocenters. The van der Waals surface area contributed by atoms with Gasteiger partial charge in [-0.2, -0.15) is 0 Å². The van der Waals surface area contributed by atoms with Gasteiger partial charge in [-0.25, -0.2) is 4.39 Å². The SMILES string of the molecule is CC(Cl)C(=O)c1c[nH]c2cccc(F)c12. The van der Waals surface area contributed by atoms with Crippen LogP contribution in [0.15, 0.2) is 24.4 Å². The summed E-state index contributed by atoms with van der Waals surface area (Å²) in [6.07, 6.45) is 1.50. The Morgan fingerprint density at radius 2 is 2.27 bits per heavy atom. The third-order valence-electron chi connectivity index (χ3n) is 2.28. The largest absolute Gasteiger partial charge is 0.360 e. The Bertz CT molecular complexity index is 518. The van der Waals surface area contributed by atoms with Crippen LogP contribution in [0.3, 0.4) is 0 Å². The minimum Gasteiger partial charge on any atom is -0.360 e. The zero-order valence-electron chi connectivity index (χ0n) is 8.05. The molecule has 0 aliphatic rings. The molecule has 0 saturated carbocycles. The van der Waals surface area contributed by atoms with Crippen LogP contribution in [0.25, 0.3) is 10.9 Å². The summed E-state index contributed by atoms with van der Waals surface area (Å²) in [6.45, 7) is 1.57. The first kappa shape index (κ1) is 10.2. The van der Waals surface area contributed by atoms with E-state index in [1.807, 2.05) is 0 Å². The quantitative estimate of drug-likeness (QED) is 0.618. The highest BCUT2D eigenvalue weighted by Crippen LogP contribution is 2.23. The van der Waals surface area contributed by atoms with Crippen molar-refractivity contribution >= 4 is 28.3 Å². The molecular formula is C11H9ClFNO. The van der Waals surface area contributed by atoms with E-state index in [0.29, 0.717) is 16.5 Å². The van der Waals surface area contributed by atoms with E-state index in [1.54, 1.807) is 19.1 Å². The van der Waals surface area contributed by atoms with Crippen molar-refractivity contribution in [1.29, 1.82) is 0 Å². The fourth-order valence-electron chi connectivity index (χ4n) is 1.55. The molecule has 1 unspecified atom stereocenters. The number of alkyl halides is 1. The van der Waals surface area contributed by atoms with Crippen molar-refractivity contribution in [3.63, 3.8) is 0 Å². The van der Waals surface area contributed by atoms with Gasteiger partial charge in [0.25, 0.3) is 0 Å². The molecule has 0 spiro atoms. The number of fused-ring (bicyclic) bond motifs is 1. The monoisotopic (exact) mass is 225 g/mol. The van der Waals surface area contributed by atoms with E-state index in [0.717, 1.165) is 0 Å². The van der Waals surface area contributed by atoms with E-state index in [4.69, 9.17) is 11.6 Å². The molecule has 2 aromatic rings. The second kappa shape index (κ2) is 3.66. The average Bonchev–Trinajstić information content (AvgIpc) is 2.61. The van der Waals surface area contributed by atoms with Crippen LogP contribution in [-0.4, -0.2) is 16.1 Å². The van der Waals surface area contributed by atoms with Crippen LogP contribution < -0.4 is 0 Å². The Morgan fingerprint density at radius 3 is 2.93 bits per heavy atom. The molecule has 0 amide bonds. The van der Waals surface area contributed by atoms with Gasteiger partial charge in [0.2, 0.25) is 0 Å². The third kappa shape index (κ3) is 1.63. The van der Waals surface area contributed by atoms with Crippen LogP contribution in [0.2, 0.25) is 0 Å². The predicted molar refractivity (Wildman–Crippen MR) is 57.9 cm³/mol. The molecule has 0 radical (unpaired) electrons. The second-order valence-electron chi connectivity index (χ2n) is 3.34. The number of aromatic amines is 1. The first-order valence-corrected chi connectivity index (χ1v) is 4.99. The summed E-state index contributed by atoms with van der Waals surface area (Å²) in [4.78, 5) is 14.5. The molecule has 0 saturated heterocycles. The number of H-pyrrole nitrogens is 1. The Kier molecular flexibility index (Phi) is 2.49. The lowest BCUT2D eigenvalue weighted by Gasteiger charge is -2.00. The van der Waals surface area contributed by atoms with Crippen LogP contribution in [0.1, 0.15) is 17.3 Å². The maximum absolute atomic E-state index is 13.5. The van der Waals surface area contributed by atoms with Crippen LogP contribution in [0.4, 0.5) is 4.39 Å². The third-order valence-corrected chi connectivity index (χ3v) is 2.48. The zero-order chi connectivity index (χ0) is 11.0. The smallest absolute Gasteiger partial charge is 0.182 e. The number of carbonyl (C=O) groups is 1. The van der Waals surface area contributed by atoms with Gasteiger partial charge >= 0.3 is 0 Å². The van der Waals surface area contributed by atoms with Crippen molar-refractivity contribution in [1.82, 2.24) is 4.98 Å². The van der Waals surface area contributed by atoms with E-state index >= 15 is 0 Å². The number of hydrogen-bond acceptors (Lipinski definition) is 1. The summed E-state index contributed by atoms with van der Waals surface area (Å²) in [6, 6.07) is 4.63. The number of carbonyl (C=O) groups excluding carboxylic acids is 1. The van der Waals surface area contributed by atoms with Gasteiger partial charge in [0.1, 0.15) is 5.82 Å². The topological polar surface area (TPSA) is 32.9 Å². The van der Waals surface area contributed by atoms with Gasteiger partial charge in [0, 0.05) is 22.7 Å². The average molecular weight is 226 g/mol.